The molecule has 0 radical (unpaired) electrons. The quantitative estimate of drug-likeness (QED) is 0.530. The number of hydrogen-bond acceptors (Lipinski definition) is 6. The highest BCUT2D eigenvalue weighted by atomic mass is 16.1. The minimum absolute atomic E-state index is 0.213. The van der Waals surface area contributed by atoms with E-state index in [9.17, 15) is 9.59 Å². The molecule has 0 spiro atoms. The summed E-state index contributed by atoms with van der Waals surface area (Å²) in [6, 6.07) is 16.0. The summed E-state index contributed by atoms with van der Waals surface area (Å²) in [7, 11) is 0. The molecule has 0 saturated heterocycles. The Morgan fingerprint density at radius 3 is 2.53 bits per heavy atom. The summed E-state index contributed by atoms with van der Waals surface area (Å²) < 4.78 is 1.69. The summed E-state index contributed by atoms with van der Waals surface area (Å²) in [5.74, 6) is 0.513. The minimum Gasteiger partial charge on any atom is -0.322 e. The average molecular weight is 401 g/mol. The predicted octanol–water partition coefficient (Wildman–Crippen LogP) is 2.34. The molecular formula is C21H19N7O2. The maximum Gasteiger partial charge on any atom is 0.264 e. The summed E-state index contributed by atoms with van der Waals surface area (Å²) >= 11 is 0. The standard InChI is InChI=1S/C21H19N7O2/c1-13-3-6-17(18-9-10-20(29)25-24-18)11-19(13)22-21(30)16-7-4-15(5-8-16)12-28-14(2)23-26-27-28/h3-11H,12H2,1-2H3,(H,22,30)(H,25,29). The molecule has 2 N–H and O–H groups in total. The van der Waals surface area contributed by atoms with Crippen LogP contribution in [0.25, 0.3) is 11.3 Å². The molecule has 2 heterocycles. The number of amides is 1. The summed E-state index contributed by atoms with van der Waals surface area (Å²) in [5.41, 5.74) is 4.27. The highest BCUT2D eigenvalue weighted by Crippen LogP contribution is 2.24. The molecule has 0 aliphatic rings. The number of nitrogens with one attached hydrogen (secondary N) is 2. The van der Waals surface area contributed by atoms with E-state index in [2.05, 4.69) is 31.0 Å². The topological polar surface area (TPSA) is 118 Å². The van der Waals surface area contributed by atoms with Gasteiger partial charge in [-0.2, -0.15) is 5.10 Å². The van der Waals surface area contributed by atoms with Gasteiger partial charge in [0.05, 0.1) is 12.2 Å². The largest absolute Gasteiger partial charge is 0.322 e. The van der Waals surface area contributed by atoms with E-state index in [1.54, 1.807) is 22.9 Å². The minimum atomic E-state index is -0.266. The van der Waals surface area contributed by atoms with Crippen molar-refractivity contribution in [1.82, 2.24) is 30.4 Å². The second-order valence-electron chi connectivity index (χ2n) is 6.87. The zero-order chi connectivity index (χ0) is 21.1. The number of aryl methyl sites for hydroxylation is 2. The first-order chi connectivity index (χ1) is 14.5. The molecular weight excluding hydrogens is 382 g/mol. The summed E-state index contributed by atoms with van der Waals surface area (Å²) in [6.07, 6.45) is 0. The van der Waals surface area contributed by atoms with E-state index in [4.69, 9.17) is 0 Å². The van der Waals surface area contributed by atoms with Crippen LogP contribution in [0.4, 0.5) is 5.69 Å². The van der Waals surface area contributed by atoms with Crippen LogP contribution in [0, 0.1) is 13.8 Å². The molecule has 2 aromatic carbocycles. The van der Waals surface area contributed by atoms with Crippen LogP contribution >= 0.6 is 0 Å². The third-order valence-electron chi connectivity index (χ3n) is 4.72. The van der Waals surface area contributed by atoms with Crippen molar-refractivity contribution in [3.05, 3.63) is 87.5 Å². The van der Waals surface area contributed by atoms with Gasteiger partial charge in [0.1, 0.15) is 5.82 Å². The number of anilines is 1. The lowest BCUT2D eigenvalue weighted by Crippen LogP contribution is -2.13. The van der Waals surface area contributed by atoms with Crippen molar-refractivity contribution >= 4 is 11.6 Å². The van der Waals surface area contributed by atoms with E-state index in [1.807, 2.05) is 44.2 Å². The van der Waals surface area contributed by atoms with Crippen molar-refractivity contribution in [2.45, 2.75) is 20.4 Å². The van der Waals surface area contributed by atoms with Gasteiger partial charge in [-0.1, -0.05) is 24.3 Å². The van der Waals surface area contributed by atoms with Crippen LogP contribution in [0.3, 0.4) is 0 Å². The average Bonchev–Trinajstić information content (AvgIpc) is 3.15. The molecule has 30 heavy (non-hydrogen) atoms. The second-order valence-corrected chi connectivity index (χ2v) is 6.87. The van der Waals surface area contributed by atoms with Crippen molar-refractivity contribution < 1.29 is 4.79 Å². The fraction of sp³-hybridized carbons (Fsp3) is 0.143. The highest BCUT2D eigenvalue weighted by Gasteiger charge is 2.10. The number of carbonyl (C=O) groups excluding carboxylic acids is 1. The number of rotatable bonds is 5. The molecule has 2 aromatic heterocycles. The van der Waals surface area contributed by atoms with Crippen molar-refractivity contribution in [2.75, 3.05) is 5.32 Å². The Morgan fingerprint density at radius 1 is 1.07 bits per heavy atom. The van der Waals surface area contributed by atoms with Gasteiger partial charge in [-0.15, -0.1) is 5.10 Å². The van der Waals surface area contributed by atoms with Crippen LogP contribution in [-0.2, 0) is 6.54 Å². The van der Waals surface area contributed by atoms with Crippen LogP contribution in [0.15, 0.2) is 59.4 Å². The zero-order valence-electron chi connectivity index (χ0n) is 16.5. The molecule has 1 amide bonds. The molecule has 0 bridgehead atoms. The van der Waals surface area contributed by atoms with Crippen LogP contribution in [0.2, 0.25) is 0 Å². The van der Waals surface area contributed by atoms with Gasteiger partial charge in [-0.25, -0.2) is 9.78 Å². The van der Waals surface area contributed by atoms with E-state index < -0.39 is 0 Å². The molecule has 0 fully saturated rings. The van der Waals surface area contributed by atoms with Gasteiger partial charge < -0.3 is 5.32 Å². The highest BCUT2D eigenvalue weighted by molar-refractivity contribution is 6.04. The molecule has 150 valence electrons. The van der Waals surface area contributed by atoms with Crippen molar-refractivity contribution in [3.63, 3.8) is 0 Å². The number of hydrogen-bond donors (Lipinski definition) is 2. The van der Waals surface area contributed by atoms with E-state index >= 15 is 0 Å². The SMILES string of the molecule is Cc1ccc(-c2ccc(=O)[nH]n2)cc1NC(=O)c1ccc(Cn2nnnc2C)cc1. The van der Waals surface area contributed by atoms with Gasteiger partial charge in [0.25, 0.3) is 11.5 Å². The van der Waals surface area contributed by atoms with Crippen molar-refractivity contribution in [3.8, 4) is 11.3 Å². The molecule has 0 unspecified atom stereocenters. The van der Waals surface area contributed by atoms with Crippen molar-refractivity contribution in [2.24, 2.45) is 0 Å². The first-order valence-electron chi connectivity index (χ1n) is 9.29. The first-order valence-corrected chi connectivity index (χ1v) is 9.29. The number of aromatic amines is 1. The molecule has 9 heteroatoms. The van der Waals surface area contributed by atoms with Crippen LogP contribution in [-0.4, -0.2) is 36.3 Å². The van der Waals surface area contributed by atoms with Gasteiger partial charge in [-0.05, 0) is 59.7 Å². The smallest absolute Gasteiger partial charge is 0.264 e. The number of aromatic nitrogens is 6. The Bertz CT molecular complexity index is 1240. The van der Waals surface area contributed by atoms with Crippen LogP contribution < -0.4 is 10.9 Å². The lowest BCUT2D eigenvalue weighted by atomic mass is 10.1. The number of H-pyrrole nitrogens is 1. The molecule has 0 saturated carbocycles. The van der Waals surface area contributed by atoms with Crippen molar-refractivity contribution in [1.29, 1.82) is 0 Å². The molecule has 0 aliphatic carbocycles. The Morgan fingerprint density at radius 2 is 1.87 bits per heavy atom. The Labute approximate surface area is 171 Å². The number of tetrazole rings is 1. The maximum atomic E-state index is 12.7. The summed E-state index contributed by atoms with van der Waals surface area (Å²) in [6.45, 7) is 4.28. The normalized spacial score (nSPS) is 10.7. The fourth-order valence-electron chi connectivity index (χ4n) is 2.95. The van der Waals surface area contributed by atoms with Gasteiger partial charge in [0, 0.05) is 22.9 Å². The predicted molar refractivity (Wildman–Crippen MR) is 111 cm³/mol. The van der Waals surface area contributed by atoms with Gasteiger partial charge >= 0.3 is 0 Å². The number of benzene rings is 2. The van der Waals surface area contributed by atoms with Crippen LogP contribution in [0.1, 0.15) is 27.3 Å². The number of carbonyl (C=O) groups is 1. The Balaban J connectivity index is 1.50. The molecule has 0 atom stereocenters. The van der Waals surface area contributed by atoms with E-state index in [0.717, 1.165) is 22.5 Å². The Hall–Kier alpha value is -4.14. The first kappa shape index (κ1) is 19.2. The third kappa shape index (κ3) is 4.14. The second kappa shape index (κ2) is 8.08. The Kier molecular flexibility index (Phi) is 5.17. The summed E-state index contributed by atoms with van der Waals surface area (Å²) in [4.78, 5) is 23.9. The summed E-state index contributed by atoms with van der Waals surface area (Å²) in [5, 5.41) is 20.8. The lowest BCUT2D eigenvalue weighted by molar-refractivity contribution is 0.102. The molecule has 4 aromatic rings. The third-order valence-corrected chi connectivity index (χ3v) is 4.72. The van der Waals surface area contributed by atoms with E-state index in [0.29, 0.717) is 23.5 Å². The molecule has 4 rings (SSSR count). The van der Waals surface area contributed by atoms with Gasteiger partial charge in [-0.3, -0.25) is 9.59 Å². The molecule has 9 nitrogen and oxygen atoms in total. The van der Waals surface area contributed by atoms with E-state index in [-0.39, 0.29) is 11.5 Å². The maximum absolute atomic E-state index is 12.7. The fourth-order valence-corrected chi connectivity index (χ4v) is 2.95. The zero-order valence-corrected chi connectivity index (χ0v) is 16.5. The number of nitrogens with zero attached hydrogens (tertiary/aromatic N) is 5. The van der Waals surface area contributed by atoms with Gasteiger partial charge in [0.2, 0.25) is 0 Å². The molecule has 0 aliphatic heterocycles. The van der Waals surface area contributed by atoms with E-state index in [1.165, 1.54) is 6.07 Å². The van der Waals surface area contributed by atoms with Gasteiger partial charge in [0.15, 0.2) is 0 Å². The van der Waals surface area contributed by atoms with Crippen LogP contribution in [0.5, 0.6) is 0 Å². The lowest BCUT2D eigenvalue weighted by Gasteiger charge is -2.11. The monoisotopic (exact) mass is 401 g/mol.